The van der Waals surface area contributed by atoms with Crippen LogP contribution in [0.25, 0.3) is 109 Å². The van der Waals surface area contributed by atoms with E-state index >= 15 is 0 Å². The molecule has 56 heavy (non-hydrogen) atoms. The maximum Gasteiger partial charge on any atom is -0.00141 e. The molecule has 0 spiro atoms. The van der Waals surface area contributed by atoms with Gasteiger partial charge in [-0.2, -0.15) is 0 Å². The SMILES string of the molecule is c1cc(-c2cccc3ccccc23)cc(-c2cccc3c(-c4cccc5ccccc45)c4ccccc4c(-c4ccc(-c5cccc6ccccc56)cc4)c23)c1. The maximum atomic E-state index is 2.39. The predicted octanol–water partition coefficient (Wildman–Crippen LogP) is 15.8. The summed E-state index contributed by atoms with van der Waals surface area (Å²) in [5.41, 5.74) is 12.4. The van der Waals surface area contributed by atoms with E-state index in [0.717, 1.165) is 0 Å². The van der Waals surface area contributed by atoms with Gasteiger partial charge in [0, 0.05) is 0 Å². The van der Waals surface area contributed by atoms with Crippen LogP contribution in [0.5, 0.6) is 0 Å². The van der Waals surface area contributed by atoms with Gasteiger partial charge in [-0.25, -0.2) is 0 Å². The van der Waals surface area contributed by atoms with Crippen LogP contribution in [0.4, 0.5) is 0 Å². The lowest BCUT2D eigenvalue weighted by molar-refractivity contribution is 1.61. The Bertz CT molecular complexity index is 3280. The van der Waals surface area contributed by atoms with Crippen LogP contribution in [0.3, 0.4) is 0 Å². The van der Waals surface area contributed by atoms with Crippen molar-refractivity contribution in [2.24, 2.45) is 0 Å². The summed E-state index contributed by atoms with van der Waals surface area (Å²) in [6.07, 6.45) is 0. The fourth-order valence-electron chi connectivity index (χ4n) is 9.13. The zero-order valence-corrected chi connectivity index (χ0v) is 30.8. The van der Waals surface area contributed by atoms with Crippen molar-refractivity contribution in [1.82, 2.24) is 0 Å². The molecule has 0 aliphatic heterocycles. The van der Waals surface area contributed by atoms with E-state index in [1.807, 2.05) is 0 Å². The Kier molecular flexibility index (Phi) is 7.60. The zero-order valence-electron chi connectivity index (χ0n) is 30.8. The van der Waals surface area contributed by atoms with Gasteiger partial charge in [0.25, 0.3) is 0 Å². The normalized spacial score (nSPS) is 11.6. The summed E-state index contributed by atoms with van der Waals surface area (Å²) in [4.78, 5) is 0. The fraction of sp³-hybridized carbons (Fsp3) is 0. The number of fused-ring (bicyclic) bond motifs is 5. The van der Waals surface area contributed by atoms with Gasteiger partial charge in [-0.05, 0) is 116 Å². The summed E-state index contributed by atoms with van der Waals surface area (Å²) in [7, 11) is 0. The molecule has 0 aromatic heterocycles. The molecule has 260 valence electrons. The van der Waals surface area contributed by atoms with Gasteiger partial charge in [0.2, 0.25) is 0 Å². The molecule has 0 nitrogen and oxygen atoms in total. The average molecular weight is 709 g/mol. The second-order valence-corrected chi connectivity index (χ2v) is 14.8. The lowest BCUT2D eigenvalue weighted by atomic mass is 9.81. The first-order valence-electron chi connectivity index (χ1n) is 19.4. The fourth-order valence-corrected chi connectivity index (χ4v) is 9.13. The summed E-state index contributed by atoms with van der Waals surface area (Å²) in [6, 6.07) is 80.4. The lowest BCUT2D eigenvalue weighted by Crippen LogP contribution is -1.94. The van der Waals surface area contributed by atoms with Gasteiger partial charge in [0.15, 0.2) is 0 Å². The van der Waals surface area contributed by atoms with E-state index < -0.39 is 0 Å². The topological polar surface area (TPSA) is 0 Å². The summed E-state index contributed by atoms with van der Waals surface area (Å²) >= 11 is 0. The molecule has 0 saturated carbocycles. The van der Waals surface area contributed by atoms with E-state index in [1.54, 1.807) is 0 Å². The highest BCUT2D eigenvalue weighted by molar-refractivity contribution is 6.26. The van der Waals surface area contributed by atoms with Gasteiger partial charge >= 0.3 is 0 Å². The van der Waals surface area contributed by atoms with E-state index in [-0.39, 0.29) is 0 Å². The molecule has 0 heterocycles. The van der Waals surface area contributed by atoms with Crippen LogP contribution in [0.2, 0.25) is 0 Å². The first-order chi connectivity index (χ1) is 27.8. The number of rotatable bonds is 5. The van der Waals surface area contributed by atoms with Gasteiger partial charge in [-0.3, -0.25) is 0 Å². The Morgan fingerprint density at radius 2 is 0.571 bits per heavy atom. The third kappa shape index (κ3) is 5.22. The number of hydrogen-bond acceptors (Lipinski definition) is 0. The molecule has 11 aromatic carbocycles. The molecule has 0 heteroatoms. The molecule has 0 aliphatic carbocycles. The number of benzene rings is 11. The van der Waals surface area contributed by atoms with Gasteiger partial charge in [0.1, 0.15) is 0 Å². The van der Waals surface area contributed by atoms with Gasteiger partial charge in [-0.15, -0.1) is 0 Å². The van der Waals surface area contributed by atoms with Crippen molar-refractivity contribution in [2.45, 2.75) is 0 Å². The third-order valence-electron chi connectivity index (χ3n) is 11.7. The Hall–Kier alpha value is -7.28. The minimum atomic E-state index is 1.20. The van der Waals surface area contributed by atoms with Crippen molar-refractivity contribution >= 4 is 53.9 Å². The average Bonchev–Trinajstić information content (AvgIpc) is 3.27. The maximum absolute atomic E-state index is 2.39. The minimum absolute atomic E-state index is 1.20. The summed E-state index contributed by atoms with van der Waals surface area (Å²) in [6.45, 7) is 0. The van der Waals surface area contributed by atoms with Crippen LogP contribution in [0, 0.1) is 0 Å². The first-order valence-corrected chi connectivity index (χ1v) is 19.4. The zero-order chi connectivity index (χ0) is 37.0. The van der Waals surface area contributed by atoms with E-state index in [0.29, 0.717) is 0 Å². The van der Waals surface area contributed by atoms with E-state index in [2.05, 4.69) is 218 Å². The molecule has 0 radical (unpaired) electrons. The Morgan fingerprint density at radius 3 is 1.18 bits per heavy atom. The first kappa shape index (κ1) is 32.2. The highest BCUT2D eigenvalue weighted by atomic mass is 14.2. The smallest absolute Gasteiger partial charge is 0.00141 e. The second kappa shape index (κ2) is 13.2. The van der Waals surface area contributed by atoms with Crippen LogP contribution in [-0.2, 0) is 0 Å². The van der Waals surface area contributed by atoms with Gasteiger partial charge in [0.05, 0.1) is 0 Å². The molecule has 0 saturated heterocycles. The van der Waals surface area contributed by atoms with Crippen LogP contribution in [0.15, 0.2) is 218 Å². The van der Waals surface area contributed by atoms with Crippen LogP contribution < -0.4 is 0 Å². The van der Waals surface area contributed by atoms with Gasteiger partial charge < -0.3 is 0 Å². The van der Waals surface area contributed by atoms with Crippen LogP contribution in [0.1, 0.15) is 0 Å². The third-order valence-corrected chi connectivity index (χ3v) is 11.7. The molecule has 0 atom stereocenters. The monoisotopic (exact) mass is 708 g/mol. The second-order valence-electron chi connectivity index (χ2n) is 14.8. The molecule has 0 aliphatic rings. The molecule has 0 bridgehead atoms. The minimum Gasteiger partial charge on any atom is -0.0616 e. The molecule has 0 amide bonds. The van der Waals surface area contributed by atoms with E-state index in [4.69, 9.17) is 0 Å². The summed E-state index contributed by atoms with van der Waals surface area (Å²) in [5.74, 6) is 0. The van der Waals surface area contributed by atoms with E-state index in [9.17, 15) is 0 Å². The van der Waals surface area contributed by atoms with E-state index in [1.165, 1.54) is 109 Å². The Morgan fingerprint density at radius 1 is 0.196 bits per heavy atom. The molecular formula is C56H36. The molecule has 0 N–H and O–H groups in total. The van der Waals surface area contributed by atoms with Gasteiger partial charge in [-0.1, -0.05) is 212 Å². The standard InChI is InChI=1S/C56H36/c1-4-22-44-37(14-1)17-10-27-46(44)40-32-34-41(35-33-40)54-51-25-7-8-26-52(51)55(50-30-12-19-39-16-3-6-24-47(39)50)53-31-13-29-49(56(53)54)43-21-9-20-42(36-43)48-28-11-18-38-15-2-5-23-45(38)48/h1-36H. The Labute approximate surface area is 326 Å². The predicted molar refractivity (Wildman–Crippen MR) is 241 cm³/mol. The van der Waals surface area contributed by atoms with Crippen LogP contribution >= 0.6 is 0 Å². The van der Waals surface area contributed by atoms with Crippen molar-refractivity contribution in [3.05, 3.63) is 218 Å². The Balaban J connectivity index is 1.21. The van der Waals surface area contributed by atoms with Crippen molar-refractivity contribution in [2.75, 3.05) is 0 Å². The largest absolute Gasteiger partial charge is 0.0616 e. The van der Waals surface area contributed by atoms with Crippen molar-refractivity contribution in [1.29, 1.82) is 0 Å². The molecule has 0 fully saturated rings. The molecule has 11 rings (SSSR count). The molecule has 0 unspecified atom stereocenters. The van der Waals surface area contributed by atoms with Crippen molar-refractivity contribution in [3.63, 3.8) is 0 Å². The summed E-state index contributed by atoms with van der Waals surface area (Å²) < 4.78 is 0. The number of hydrogen-bond donors (Lipinski definition) is 0. The lowest BCUT2D eigenvalue weighted by Gasteiger charge is -2.21. The van der Waals surface area contributed by atoms with Crippen LogP contribution in [-0.4, -0.2) is 0 Å². The highest BCUT2D eigenvalue weighted by Crippen LogP contribution is 2.49. The summed E-state index contributed by atoms with van der Waals surface area (Å²) in [5, 5.41) is 12.6. The quantitative estimate of drug-likeness (QED) is 0.156. The molecule has 11 aromatic rings. The highest BCUT2D eigenvalue weighted by Gasteiger charge is 2.21. The van der Waals surface area contributed by atoms with Crippen molar-refractivity contribution < 1.29 is 0 Å². The van der Waals surface area contributed by atoms with Crippen molar-refractivity contribution in [3.8, 4) is 55.6 Å². The molecular weight excluding hydrogens is 673 g/mol.